The van der Waals surface area contributed by atoms with E-state index >= 15 is 0 Å². The van der Waals surface area contributed by atoms with Crippen molar-refractivity contribution in [1.29, 1.82) is 0 Å². The number of hydrogen-bond acceptors (Lipinski definition) is 4. The number of amides is 1. The van der Waals surface area contributed by atoms with Gasteiger partial charge in [0.2, 0.25) is 5.91 Å². The molecule has 1 heterocycles. The predicted molar refractivity (Wildman–Crippen MR) is 98.5 cm³/mol. The number of benzene rings is 1. The number of carbonyl (C=O) groups is 1. The minimum absolute atomic E-state index is 0. The van der Waals surface area contributed by atoms with E-state index in [2.05, 4.69) is 13.8 Å². The molecule has 1 aliphatic rings. The van der Waals surface area contributed by atoms with Crippen LogP contribution in [0.3, 0.4) is 0 Å². The Morgan fingerprint density at radius 3 is 2.61 bits per heavy atom. The third-order valence-electron chi connectivity index (χ3n) is 4.16. The zero-order chi connectivity index (χ0) is 16.2. The number of likely N-dealkylation sites (tertiary alicyclic amines) is 1. The highest BCUT2D eigenvalue weighted by Gasteiger charge is 2.35. The molecule has 130 valence electrons. The van der Waals surface area contributed by atoms with E-state index in [1.807, 2.05) is 36.1 Å². The Hall–Kier alpha value is -0.910. The van der Waals surface area contributed by atoms with Gasteiger partial charge in [0, 0.05) is 24.0 Å². The molecular formula is C17H27ClN2O2S. The van der Waals surface area contributed by atoms with E-state index in [1.54, 1.807) is 11.8 Å². The van der Waals surface area contributed by atoms with Gasteiger partial charge in [-0.2, -0.15) is 0 Å². The largest absolute Gasteiger partial charge is 0.494 e. The fourth-order valence-corrected chi connectivity index (χ4v) is 3.42. The normalized spacial score (nSPS) is 19.8. The van der Waals surface area contributed by atoms with Crippen molar-refractivity contribution >= 4 is 30.1 Å². The van der Waals surface area contributed by atoms with E-state index in [0.717, 1.165) is 30.2 Å². The first-order chi connectivity index (χ1) is 10.4. The Bertz CT molecular complexity index is 508. The minimum Gasteiger partial charge on any atom is -0.494 e. The quantitative estimate of drug-likeness (QED) is 0.821. The van der Waals surface area contributed by atoms with E-state index < -0.39 is 0 Å². The van der Waals surface area contributed by atoms with Crippen LogP contribution >= 0.6 is 24.2 Å². The predicted octanol–water partition coefficient (Wildman–Crippen LogP) is 3.19. The summed E-state index contributed by atoms with van der Waals surface area (Å²) in [7, 11) is 0. The molecule has 2 N–H and O–H groups in total. The number of carbonyl (C=O) groups excluding carboxylic acids is 1. The van der Waals surface area contributed by atoms with Gasteiger partial charge in [-0.15, -0.1) is 24.2 Å². The number of ether oxygens (including phenoxy) is 1. The van der Waals surface area contributed by atoms with Crippen molar-refractivity contribution in [2.45, 2.75) is 38.1 Å². The third kappa shape index (κ3) is 5.59. The molecule has 1 atom stereocenters. The lowest BCUT2D eigenvalue weighted by Gasteiger charge is -2.42. The molecule has 4 nitrogen and oxygen atoms in total. The average Bonchev–Trinajstić information content (AvgIpc) is 2.49. The molecule has 0 spiro atoms. The monoisotopic (exact) mass is 358 g/mol. The van der Waals surface area contributed by atoms with Crippen molar-refractivity contribution < 1.29 is 9.53 Å². The fraction of sp³-hybridized carbons (Fsp3) is 0.588. The number of hydrogen-bond donors (Lipinski definition) is 1. The van der Waals surface area contributed by atoms with Crippen molar-refractivity contribution in [3.05, 3.63) is 24.3 Å². The second-order valence-electron chi connectivity index (χ2n) is 6.39. The summed E-state index contributed by atoms with van der Waals surface area (Å²) in [6.07, 6.45) is 0.881. The number of rotatable bonds is 5. The zero-order valence-corrected chi connectivity index (χ0v) is 15.7. The molecule has 0 bridgehead atoms. The molecule has 1 fully saturated rings. The van der Waals surface area contributed by atoms with Gasteiger partial charge in [0.05, 0.1) is 12.4 Å². The molecule has 23 heavy (non-hydrogen) atoms. The van der Waals surface area contributed by atoms with Gasteiger partial charge < -0.3 is 15.4 Å². The summed E-state index contributed by atoms with van der Waals surface area (Å²) < 4.78 is 5.42. The second-order valence-corrected chi connectivity index (χ2v) is 7.44. The van der Waals surface area contributed by atoms with Gasteiger partial charge in [-0.1, -0.05) is 13.8 Å². The second kappa shape index (κ2) is 8.81. The lowest BCUT2D eigenvalue weighted by atomic mass is 9.80. The summed E-state index contributed by atoms with van der Waals surface area (Å²) >= 11 is 1.57. The van der Waals surface area contributed by atoms with Crippen molar-refractivity contribution in [3.63, 3.8) is 0 Å². The highest BCUT2D eigenvalue weighted by Crippen LogP contribution is 2.29. The van der Waals surface area contributed by atoms with Crippen molar-refractivity contribution in [3.8, 4) is 5.75 Å². The Kier molecular flexibility index (Phi) is 7.71. The van der Waals surface area contributed by atoms with Crippen LogP contribution in [0.15, 0.2) is 29.2 Å². The number of nitrogens with two attached hydrogens (primary N) is 1. The summed E-state index contributed by atoms with van der Waals surface area (Å²) in [5, 5.41) is 0. The topological polar surface area (TPSA) is 55.6 Å². The number of thioether (sulfide) groups is 1. The first-order valence-corrected chi connectivity index (χ1v) is 8.80. The van der Waals surface area contributed by atoms with Gasteiger partial charge in [0.1, 0.15) is 5.75 Å². The molecule has 6 heteroatoms. The molecule has 1 aromatic carbocycles. The summed E-state index contributed by atoms with van der Waals surface area (Å²) in [6, 6.07) is 8.06. The SMILES string of the molecule is CCOc1ccc(SCC(=O)N2CCC(N)C(C)(C)C2)cc1.Cl. The summed E-state index contributed by atoms with van der Waals surface area (Å²) in [4.78, 5) is 15.4. The Morgan fingerprint density at radius 2 is 2.04 bits per heavy atom. The van der Waals surface area contributed by atoms with Crippen LogP contribution in [0.2, 0.25) is 0 Å². The van der Waals surface area contributed by atoms with Gasteiger partial charge in [-0.25, -0.2) is 0 Å². The molecule has 0 saturated carbocycles. The molecule has 0 aliphatic carbocycles. The van der Waals surface area contributed by atoms with Crippen LogP contribution in [0, 0.1) is 5.41 Å². The lowest BCUT2D eigenvalue weighted by molar-refractivity contribution is -0.131. The van der Waals surface area contributed by atoms with E-state index in [1.165, 1.54) is 0 Å². The van der Waals surface area contributed by atoms with E-state index in [-0.39, 0.29) is 29.8 Å². The smallest absolute Gasteiger partial charge is 0.232 e. The maximum Gasteiger partial charge on any atom is 0.232 e. The van der Waals surface area contributed by atoms with Gasteiger partial charge in [0.25, 0.3) is 0 Å². The van der Waals surface area contributed by atoms with Crippen LogP contribution < -0.4 is 10.5 Å². The van der Waals surface area contributed by atoms with E-state index in [4.69, 9.17) is 10.5 Å². The van der Waals surface area contributed by atoms with Crippen LogP contribution in [-0.2, 0) is 4.79 Å². The van der Waals surface area contributed by atoms with Gasteiger partial charge in [0.15, 0.2) is 0 Å². The fourth-order valence-electron chi connectivity index (χ4n) is 2.62. The van der Waals surface area contributed by atoms with Crippen molar-refractivity contribution in [2.24, 2.45) is 11.1 Å². The van der Waals surface area contributed by atoms with Crippen LogP contribution in [0.5, 0.6) is 5.75 Å². The van der Waals surface area contributed by atoms with E-state index in [0.29, 0.717) is 12.4 Å². The van der Waals surface area contributed by atoms with Crippen LogP contribution in [-0.4, -0.2) is 42.3 Å². The van der Waals surface area contributed by atoms with Crippen molar-refractivity contribution in [2.75, 3.05) is 25.4 Å². The van der Waals surface area contributed by atoms with Crippen LogP contribution in [0.25, 0.3) is 0 Å². The average molecular weight is 359 g/mol. The molecule has 0 aromatic heterocycles. The lowest BCUT2D eigenvalue weighted by Crippen LogP contribution is -2.54. The summed E-state index contributed by atoms with van der Waals surface area (Å²) in [6.45, 7) is 8.42. The molecule has 1 amide bonds. The molecule has 1 saturated heterocycles. The number of halogens is 1. The van der Waals surface area contributed by atoms with Crippen LogP contribution in [0.4, 0.5) is 0 Å². The number of nitrogens with zero attached hydrogens (tertiary/aromatic N) is 1. The third-order valence-corrected chi connectivity index (χ3v) is 5.16. The molecule has 0 radical (unpaired) electrons. The molecule has 1 aliphatic heterocycles. The first kappa shape index (κ1) is 20.1. The summed E-state index contributed by atoms with van der Waals surface area (Å²) in [5.41, 5.74) is 6.12. The minimum atomic E-state index is -0.00227. The van der Waals surface area contributed by atoms with Gasteiger partial charge in [-0.3, -0.25) is 4.79 Å². The molecular weight excluding hydrogens is 332 g/mol. The standard InChI is InChI=1S/C17H26N2O2S.ClH/c1-4-21-13-5-7-14(8-6-13)22-11-16(20)19-10-9-15(18)17(2,3)12-19;/h5-8,15H,4,9-12,18H2,1-3H3;1H. The molecule has 1 unspecified atom stereocenters. The van der Waals surface area contributed by atoms with Crippen LogP contribution in [0.1, 0.15) is 27.2 Å². The first-order valence-electron chi connectivity index (χ1n) is 7.81. The Labute approximate surface area is 149 Å². The Morgan fingerprint density at radius 1 is 1.39 bits per heavy atom. The van der Waals surface area contributed by atoms with Gasteiger partial charge in [-0.05, 0) is 43.0 Å². The zero-order valence-electron chi connectivity index (χ0n) is 14.1. The maximum absolute atomic E-state index is 12.4. The highest BCUT2D eigenvalue weighted by molar-refractivity contribution is 8.00. The van der Waals surface area contributed by atoms with Crippen molar-refractivity contribution in [1.82, 2.24) is 4.90 Å². The Balaban J connectivity index is 0.00000264. The highest BCUT2D eigenvalue weighted by atomic mass is 35.5. The summed E-state index contributed by atoms with van der Waals surface area (Å²) in [5.74, 6) is 1.53. The molecule has 2 rings (SSSR count). The van der Waals surface area contributed by atoms with E-state index in [9.17, 15) is 4.79 Å². The number of piperidine rings is 1. The maximum atomic E-state index is 12.4. The molecule has 1 aromatic rings. The van der Waals surface area contributed by atoms with Gasteiger partial charge >= 0.3 is 0 Å².